The molecule has 0 spiro atoms. The summed E-state index contributed by atoms with van der Waals surface area (Å²) in [6, 6.07) is 8.53. The molecule has 0 aromatic heterocycles. The van der Waals surface area contributed by atoms with Gasteiger partial charge in [-0.3, -0.25) is 4.79 Å². The molecule has 0 aliphatic rings. The minimum Gasteiger partial charge on any atom is -0.339 e. The summed E-state index contributed by atoms with van der Waals surface area (Å²) in [5.41, 5.74) is 8.00. The van der Waals surface area contributed by atoms with Gasteiger partial charge >= 0.3 is 0 Å². The van der Waals surface area contributed by atoms with Crippen LogP contribution in [0.3, 0.4) is 0 Å². The highest BCUT2D eigenvalue weighted by Gasteiger charge is 2.15. The first-order valence-electron chi connectivity index (χ1n) is 6.59. The fourth-order valence-corrected chi connectivity index (χ4v) is 2.07. The van der Waals surface area contributed by atoms with E-state index in [-0.39, 0.29) is 11.9 Å². The molecule has 0 aliphatic carbocycles. The van der Waals surface area contributed by atoms with E-state index < -0.39 is 0 Å². The number of hydrogen-bond donors (Lipinski definition) is 1. The molecule has 3 heteroatoms. The Bertz CT molecular complexity index is 388. The van der Waals surface area contributed by atoms with E-state index in [9.17, 15) is 4.79 Å². The summed E-state index contributed by atoms with van der Waals surface area (Å²) in [7, 11) is 0. The van der Waals surface area contributed by atoms with Crippen LogP contribution in [0.5, 0.6) is 0 Å². The number of aryl methyl sites for hydroxylation is 2. The number of rotatable bonds is 6. The lowest BCUT2D eigenvalue weighted by atomic mass is 10.1. The molecule has 18 heavy (non-hydrogen) atoms. The predicted octanol–water partition coefficient (Wildman–Crippen LogP) is 2.12. The third kappa shape index (κ3) is 4.49. The average molecular weight is 248 g/mol. The van der Waals surface area contributed by atoms with Crippen molar-refractivity contribution in [1.82, 2.24) is 4.90 Å². The first kappa shape index (κ1) is 14.7. The number of hydrogen-bond acceptors (Lipinski definition) is 2. The second-order valence-electron chi connectivity index (χ2n) is 4.96. The molecule has 0 fully saturated rings. The van der Waals surface area contributed by atoms with Gasteiger partial charge in [0.15, 0.2) is 0 Å². The van der Waals surface area contributed by atoms with Crippen molar-refractivity contribution in [3.63, 3.8) is 0 Å². The number of nitrogens with zero attached hydrogens (tertiary/aromatic N) is 1. The molecular weight excluding hydrogens is 224 g/mol. The monoisotopic (exact) mass is 248 g/mol. The zero-order valence-electron chi connectivity index (χ0n) is 11.6. The minimum atomic E-state index is 0.192. The lowest BCUT2D eigenvalue weighted by Gasteiger charge is -2.26. The third-order valence-corrected chi connectivity index (χ3v) is 3.02. The molecule has 0 radical (unpaired) electrons. The predicted molar refractivity (Wildman–Crippen MR) is 75.4 cm³/mol. The molecular formula is C15H24N2O. The summed E-state index contributed by atoms with van der Waals surface area (Å²) >= 11 is 0. The molecule has 0 saturated heterocycles. The van der Waals surface area contributed by atoms with Gasteiger partial charge in [0.2, 0.25) is 5.91 Å². The first-order valence-corrected chi connectivity index (χ1v) is 6.59. The Kier molecular flexibility index (Phi) is 5.86. The van der Waals surface area contributed by atoms with Crippen molar-refractivity contribution in [2.75, 3.05) is 13.1 Å². The minimum absolute atomic E-state index is 0.192. The molecule has 0 saturated carbocycles. The zero-order valence-corrected chi connectivity index (χ0v) is 11.6. The summed E-state index contributed by atoms with van der Waals surface area (Å²) in [5, 5.41) is 0. The fourth-order valence-electron chi connectivity index (χ4n) is 2.07. The molecule has 0 aliphatic heterocycles. The van der Waals surface area contributed by atoms with Crippen molar-refractivity contribution in [3.05, 3.63) is 35.4 Å². The highest BCUT2D eigenvalue weighted by atomic mass is 16.2. The summed E-state index contributed by atoms with van der Waals surface area (Å²) in [5.74, 6) is 0.192. The molecule has 1 amide bonds. The van der Waals surface area contributed by atoms with Gasteiger partial charge in [-0.15, -0.1) is 0 Å². The van der Waals surface area contributed by atoms with Gasteiger partial charge in [-0.25, -0.2) is 0 Å². The smallest absolute Gasteiger partial charge is 0.223 e. The van der Waals surface area contributed by atoms with Crippen LogP contribution in [0.1, 0.15) is 31.4 Å². The van der Waals surface area contributed by atoms with Gasteiger partial charge in [0.25, 0.3) is 0 Å². The van der Waals surface area contributed by atoms with Crippen LogP contribution in [-0.4, -0.2) is 29.9 Å². The largest absolute Gasteiger partial charge is 0.339 e. The van der Waals surface area contributed by atoms with Crippen molar-refractivity contribution in [3.8, 4) is 0 Å². The van der Waals surface area contributed by atoms with E-state index in [1.165, 1.54) is 11.1 Å². The van der Waals surface area contributed by atoms with Crippen LogP contribution in [-0.2, 0) is 11.2 Å². The van der Waals surface area contributed by atoms with Crippen molar-refractivity contribution in [1.29, 1.82) is 0 Å². The highest BCUT2D eigenvalue weighted by molar-refractivity contribution is 5.76. The number of carbonyl (C=O) groups excluding carboxylic acids is 1. The third-order valence-electron chi connectivity index (χ3n) is 3.02. The maximum Gasteiger partial charge on any atom is 0.223 e. The molecule has 1 aromatic rings. The lowest BCUT2D eigenvalue weighted by molar-refractivity contribution is -0.132. The maximum absolute atomic E-state index is 12.1. The van der Waals surface area contributed by atoms with E-state index in [1.54, 1.807) is 0 Å². The van der Waals surface area contributed by atoms with E-state index >= 15 is 0 Å². The topological polar surface area (TPSA) is 46.3 Å². The summed E-state index contributed by atoms with van der Waals surface area (Å²) in [6.07, 6.45) is 1.36. The fraction of sp³-hybridized carbons (Fsp3) is 0.533. The number of benzene rings is 1. The van der Waals surface area contributed by atoms with Gasteiger partial charge in [-0.2, -0.15) is 0 Å². The van der Waals surface area contributed by atoms with Gasteiger partial charge in [0, 0.05) is 25.6 Å². The maximum atomic E-state index is 12.1. The Morgan fingerprint density at radius 1 is 1.39 bits per heavy atom. The molecule has 0 unspecified atom stereocenters. The SMILES string of the molecule is Cc1cccc(CCC(=O)N(CCN)C(C)C)c1. The van der Waals surface area contributed by atoms with E-state index in [4.69, 9.17) is 5.73 Å². The number of amides is 1. The van der Waals surface area contributed by atoms with Crippen molar-refractivity contribution in [2.24, 2.45) is 5.73 Å². The van der Waals surface area contributed by atoms with Gasteiger partial charge in [0.05, 0.1) is 0 Å². The van der Waals surface area contributed by atoms with Gasteiger partial charge in [-0.1, -0.05) is 29.8 Å². The van der Waals surface area contributed by atoms with Crippen LogP contribution >= 0.6 is 0 Å². The van der Waals surface area contributed by atoms with E-state index in [1.807, 2.05) is 24.8 Å². The first-order chi connectivity index (χ1) is 8.54. The van der Waals surface area contributed by atoms with Gasteiger partial charge in [0.1, 0.15) is 0 Å². The van der Waals surface area contributed by atoms with Gasteiger partial charge in [-0.05, 0) is 32.8 Å². The van der Waals surface area contributed by atoms with Crippen LogP contribution in [0, 0.1) is 6.92 Å². The lowest BCUT2D eigenvalue weighted by Crippen LogP contribution is -2.40. The molecule has 3 nitrogen and oxygen atoms in total. The molecule has 0 heterocycles. The molecule has 0 bridgehead atoms. The number of nitrogens with two attached hydrogens (primary N) is 1. The average Bonchev–Trinajstić information content (AvgIpc) is 2.32. The standard InChI is InChI=1S/C15H24N2O/c1-12(2)17(10-9-16)15(18)8-7-14-6-4-5-13(3)11-14/h4-6,11-12H,7-10,16H2,1-3H3. The second-order valence-corrected chi connectivity index (χ2v) is 4.96. The Hall–Kier alpha value is -1.35. The summed E-state index contributed by atoms with van der Waals surface area (Å²) < 4.78 is 0. The molecule has 100 valence electrons. The van der Waals surface area contributed by atoms with Crippen molar-refractivity contribution < 1.29 is 4.79 Å². The number of carbonyl (C=O) groups is 1. The summed E-state index contributed by atoms with van der Waals surface area (Å²) in [6.45, 7) is 7.29. The van der Waals surface area contributed by atoms with Crippen LogP contribution in [0.2, 0.25) is 0 Å². The Morgan fingerprint density at radius 2 is 2.11 bits per heavy atom. The molecule has 1 aromatic carbocycles. The second kappa shape index (κ2) is 7.17. The van der Waals surface area contributed by atoms with E-state index in [0.717, 1.165) is 6.42 Å². The Morgan fingerprint density at radius 3 is 2.67 bits per heavy atom. The van der Waals surface area contributed by atoms with Crippen LogP contribution < -0.4 is 5.73 Å². The highest BCUT2D eigenvalue weighted by Crippen LogP contribution is 2.09. The van der Waals surface area contributed by atoms with E-state index in [2.05, 4.69) is 25.1 Å². The van der Waals surface area contributed by atoms with Crippen LogP contribution in [0.4, 0.5) is 0 Å². The van der Waals surface area contributed by atoms with Crippen molar-refractivity contribution in [2.45, 2.75) is 39.7 Å². The summed E-state index contributed by atoms with van der Waals surface area (Å²) in [4.78, 5) is 14.0. The normalized spacial score (nSPS) is 10.7. The van der Waals surface area contributed by atoms with E-state index in [0.29, 0.717) is 19.5 Å². The zero-order chi connectivity index (χ0) is 13.5. The van der Waals surface area contributed by atoms with Crippen molar-refractivity contribution >= 4 is 5.91 Å². The van der Waals surface area contributed by atoms with Gasteiger partial charge < -0.3 is 10.6 Å². The molecule has 0 atom stereocenters. The molecule has 1 rings (SSSR count). The Labute approximate surface area is 110 Å². The molecule has 2 N–H and O–H groups in total. The van der Waals surface area contributed by atoms with Crippen LogP contribution in [0.15, 0.2) is 24.3 Å². The Balaban J connectivity index is 2.54. The quantitative estimate of drug-likeness (QED) is 0.838. The van der Waals surface area contributed by atoms with Crippen LogP contribution in [0.25, 0.3) is 0 Å².